The van der Waals surface area contributed by atoms with Crippen LogP contribution in [0.1, 0.15) is 12.8 Å². The van der Waals surface area contributed by atoms with E-state index >= 15 is 0 Å². The van der Waals surface area contributed by atoms with Crippen molar-refractivity contribution >= 4 is 18.0 Å². The smallest absolute Gasteiger partial charge is 0.404 e. The molecule has 10 heteroatoms. The van der Waals surface area contributed by atoms with E-state index in [0.29, 0.717) is 24.4 Å². The van der Waals surface area contributed by atoms with Crippen LogP contribution in [0.4, 0.5) is 9.59 Å². The highest BCUT2D eigenvalue weighted by molar-refractivity contribution is 5.87. The third kappa shape index (κ3) is 2.91. The summed E-state index contributed by atoms with van der Waals surface area (Å²) >= 11 is 0. The summed E-state index contributed by atoms with van der Waals surface area (Å²) in [5.41, 5.74) is 2.18. The van der Waals surface area contributed by atoms with Gasteiger partial charge in [-0.25, -0.2) is 20.1 Å². The quantitative estimate of drug-likeness (QED) is 0.290. The molecular weight excluding hydrogens is 272 g/mol. The summed E-state index contributed by atoms with van der Waals surface area (Å²) < 4.78 is 0. The summed E-state index contributed by atoms with van der Waals surface area (Å²) in [4.78, 5) is 39.8. The summed E-state index contributed by atoms with van der Waals surface area (Å²) in [6.07, 6.45) is -0.197. The summed E-state index contributed by atoms with van der Waals surface area (Å²) in [6.45, 7) is 0.330. The van der Waals surface area contributed by atoms with Gasteiger partial charge < -0.3 is 15.3 Å². The first-order chi connectivity index (χ1) is 9.50. The van der Waals surface area contributed by atoms with Crippen molar-refractivity contribution in [3.05, 3.63) is 0 Å². The minimum absolute atomic E-state index is 0.0204. The Morgan fingerprint density at radius 2 is 2.15 bits per heavy atom. The lowest BCUT2D eigenvalue weighted by atomic mass is 10.0. The zero-order chi connectivity index (χ0) is 14.7. The molecule has 0 aromatic heterocycles. The number of hydroxylamine groups is 3. The van der Waals surface area contributed by atoms with Crippen molar-refractivity contribution in [2.75, 3.05) is 19.7 Å². The van der Waals surface area contributed by atoms with Gasteiger partial charge >= 0.3 is 12.1 Å². The number of nitrogens with zero attached hydrogens (tertiary/aromatic N) is 2. The van der Waals surface area contributed by atoms with Gasteiger partial charge in [0.05, 0.1) is 12.6 Å². The van der Waals surface area contributed by atoms with E-state index in [1.165, 1.54) is 4.90 Å². The second-order valence-electron chi connectivity index (χ2n) is 4.57. The van der Waals surface area contributed by atoms with Crippen molar-refractivity contribution in [2.24, 2.45) is 0 Å². The van der Waals surface area contributed by atoms with Crippen LogP contribution in [0.5, 0.6) is 0 Å². The summed E-state index contributed by atoms with van der Waals surface area (Å²) in [6, 6.07) is -1.52. The minimum atomic E-state index is -1.18. The van der Waals surface area contributed by atoms with Crippen molar-refractivity contribution in [3.8, 4) is 0 Å². The first-order valence-corrected chi connectivity index (χ1v) is 6.18. The SMILES string of the molecule is O=C(O)NCCONC(=O)[C@@H]1CC[C@@H]2CN1C(=O)N2O. The average molecular weight is 288 g/mol. The van der Waals surface area contributed by atoms with Gasteiger partial charge in [0.25, 0.3) is 5.91 Å². The van der Waals surface area contributed by atoms with Crippen molar-refractivity contribution in [1.29, 1.82) is 0 Å². The van der Waals surface area contributed by atoms with Gasteiger partial charge in [0, 0.05) is 13.1 Å². The fourth-order valence-electron chi connectivity index (χ4n) is 2.32. The van der Waals surface area contributed by atoms with Crippen molar-refractivity contribution in [2.45, 2.75) is 24.9 Å². The molecule has 112 valence electrons. The molecule has 10 nitrogen and oxygen atoms in total. The lowest BCUT2D eigenvalue weighted by Crippen LogP contribution is -2.50. The van der Waals surface area contributed by atoms with Gasteiger partial charge in [-0.15, -0.1) is 0 Å². The zero-order valence-corrected chi connectivity index (χ0v) is 10.6. The van der Waals surface area contributed by atoms with Crippen LogP contribution in [0.25, 0.3) is 0 Å². The maximum absolute atomic E-state index is 11.9. The first-order valence-electron chi connectivity index (χ1n) is 6.18. The highest BCUT2D eigenvalue weighted by Crippen LogP contribution is 2.28. The van der Waals surface area contributed by atoms with E-state index < -0.39 is 24.1 Å². The molecule has 0 saturated carbocycles. The number of hydrogen-bond donors (Lipinski definition) is 4. The molecule has 0 radical (unpaired) electrons. The van der Waals surface area contributed by atoms with E-state index in [9.17, 15) is 19.6 Å². The van der Waals surface area contributed by atoms with Crippen molar-refractivity contribution in [1.82, 2.24) is 20.8 Å². The molecule has 2 aliphatic rings. The second kappa shape index (κ2) is 5.92. The van der Waals surface area contributed by atoms with Crippen LogP contribution in [0, 0.1) is 0 Å². The van der Waals surface area contributed by atoms with E-state index in [-0.39, 0.29) is 19.2 Å². The van der Waals surface area contributed by atoms with E-state index in [4.69, 9.17) is 9.94 Å². The summed E-state index contributed by atoms with van der Waals surface area (Å²) in [5.74, 6) is -0.484. The van der Waals surface area contributed by atoms with Crippen LogP contribution < -0.4 is 10.8 Å². The lowest BCUT2D eigenvalue weighted by molar-refractivity contribution is -0.138. The Kier molecular flexibility index (Phi) is 4.25. The second-order valence-corrected chi connectivity index (χ2v) is 4.57. The number of carbonyl (C=O) groups excluding carboxylic acids is 2. The molecule has 20 heavy (non-hydrogen) atoms. The number of nitrogens with one attached hydrogen (secondary N) is 2. The van der Waals surface area contributed by atoms with Gasteiger partial charge in [0.1, 0.15) is 6.04 Å². The molecule has 2 bridgehead atoms. The molecule has 0 aromatic carbocycles. The molecule has 2 aliphatic heterocycles. The molecule has 0 aliphatic carbocycles. The monoisotopic (exact) mass is 288 g/mol. The predicted octanol–water partition coefficient (Wildman–Crippen LogP) is -1.04. The summed E-state index contributed by atoms with van der Waals surface area (Å²) in [7, 11) is 0. The molecule has 4 amide bonds. The Balaban J connectivity index is 1.76. The van der Waals surface area contributed by atoms with E-state index in [1.54, 1.807) is 0 Å². The Labute approximate surface area is 114 Å². The number of urea groups is 1. The Morgan fingerprint density at radius 3 is 2.85 bits per heavy atom. The van der Waals surface area contributed by atoms with E-state index in [1.807, 2.05) is 0 Å². The number of amides is 4. The highest BCUT2D eigenvalue weighted by Gasteiger charge is 2.46. The minimum Gasteiger partial charge on any atom is -0.465 e. The van der Waals surface area contributed by atoms with Crippen LogP contribution in [0.2, 0.25) is 0 Å². The van der Waals surface area contributed by atoms with E-state index in [0.717, 1.165) is 0 Å². The van der Waals surface area contributed by atoms with Gasteiger partial charge in [-0.2, -0.15) is 0 Å². The van der Waals surface area contributed by atoms with Gasteiger partial charge in [-0.1, -0.05) is 0 Å². The predicted molar refractivity (Wildman–Crippen MR) is 62.7 cm³/mol. The van der Waals surface area contributed by atoms with Gasteiger partial charge in [0.2, 0.25) is 0 Å². The molecule has 2 saturated heterocycles. The standard InChI is InChI=1S/C10H16N4O6/c15-8(12-20-4-3-11-9(16)17)7-2-1-6-5-13(7)10(18)14(6)19/h6-7,11,19H,1-5H2,(H,12,15)(H,16,17)/t6-,7+/m1/s1. The Hall–Kier alpha value is -2.07. The molecule has 0 spiro atoms. The molecular formula is C10H16N4O6. The number of hydrogen-bond acceptors (Lipinski definition) is 5. The highest BCUT2D eigenvalue weighted by atomic mass is 16.7. The molecule has 4 N–H and O–H groups in total. The summed E-state index contributed by atoms with van der Waals surface area (Å²) in [5, 5.41) is 20.5. The fraction of sp³-hybridized carbons (Fsp3) is 0.700. The van der Waals surface area contributed by atoms with Crippen molar-refractivity contribution < 1.29 is 29.5 Å². The third-order valence-corrected chi connectivity index (χ3v) is 3.30. The number of piperidine rings is 1. The van der Waals surface area contributed by atoms with Gasteiger partial charge in [-0.05, 0) is 12.8 Å². The van der Waals surface area contributed by atoms with Crippen LogP contribution in [-0.2, 0) is 9.63 Å². The Bertz CT molecular complexity index is 417. The molecule has 2 rings (SSSR count). The number of carboxylic acid groups (broad SMARTS) is 1. The largest absolute Gasteiger partial charge is 0.465 e. The maximum atomic E-state index is 11.9. The van der Waals surface area contributed by atoms with Crippen LogP contribution in [0.3, 0.4) is 0 Å². The van der Waals surface area contributed by atoms with Gasteiger partial charge in [0.15, 0.2) is 0 Å². The van der Waals surface area contributed by atoms with Crippen LogP contribution in [0.15, 0.2) is 0 Å². The van der Waals surface area contributed by atoms with Gasteiger partial charge in [-0.3, -0.25) is 14.8 Å². The topological polar surface area (TPSA) is 131 Å². The zero-order valence-electron chi connectivity index (χ0n) is 10.6. The van der Waals surface area contributed by atoms with Crippen LogP contribution in [-0.4, -0.2) is 70.1 Å². The maximum Gasteiger partial charge on any atom is 0.404 e. The van der Waals surface area contributed by atoms with E-state index in [2.05, 4.69) is 10.8 Å². The molecule has 2 fully saturated rings. The number of fused-ring (bicyclic) bond motifs is 2. The molecule has 0 aromatic rings. The number of rotatable bonds is 5. The molecule has 2 atom stereocenters. The molecule has 0 unspecified atom stereocenters. The normalized spacial score (nSPS) is 24.8. The lowest BCUT2D eigenvalue weighted by Gasteiger charge is -2.28. The molecule has 2 heterocycles. The Morgan fingerprint density at radius 1 is 1.40 bits per heavy atom. The number of carbonyl (C=O) groups is 3. The van der Waals surface area contributed by atoms with Crippen molar-refractivity contribution in [3.63, 3.8) is 0 Å². The fourth-order valence-corrected chi connectivity index (χ4v) is 2.32. The van der Waals surface area contributed by atoms with Crippen LogP contribution >= 0.6 is 0 Å². The third-order valence-electron chi connectivity index (χ3n) is 3.30. The average Bonchev–Trinajstić information content (AvgIpc) is 2.63. The first kappa shape index (κ1) is 14.3.